The number of imidazole rings is 1. The molecule has 0 atom stereocenters. The normalized spacial score (nSPS) is 16.5. The van der Waals surface area contributed by atoms with Crippen molar-refractivity contribution in [1.82, 2.24) is 14.5 Å². The van der Waals surface area contributed by atoms with Gasteiger partial charge in [-0.2, -0.15) is 11.8 Å². The Morgan fingerprint density at radius 3 is 2.81 bits per heavy atom. The summed E-state index contributed by atoms with van der Waals surface area (Å²) in [6.45, 7) is 4.01. The summed E-state index contributed by atoms with van der Waals surface area (Å²) in [5.74, 6) is 2.26. The van der Waals surface area contributed by atoms with Gasteiger partial charge >= 0.3 is 0 Å². The van der Waals surface area contributed by atoms with Crippen LogP contribution in [0, 0.1) is 10.6 Å². The molecule has 0 saturated carbocycles. The van der Waals surface area contributed by atoms with E-state index >= 15 is 0 Å². The molecule has 0 aliphatic carbocycles. The number of methoxy groups -OCH3 is 1. The number of nitrogens with zero attached hydrogens (tertiary/aromatic N) is 2. The third kappa shape index (κ3) is 3.09. The minimum Gasteiger partial charge on any atom is -0.494 e. The highest BCUT2D eigenvalue weighted by atomic mass is 32.2. The summed E-state index contributed by atoms with van der Waals surface area (Å²) in [7, 11) is 1.47. The van der Waals surface area contributed by atoms with E-state index < -0.39 is 0 Å². The predicted molar refractivity (Wildman–Crippen MR) is 87.4 cm³/mol. The summed E-state index contributed by atoms with van der Waals surface area (Å²) < 4.78 is 21.5. The van der Waals surface area contributed by atoms with E-state index in [1.807, 2.05) is 16.3 Å². The number of halogens is 1. The Labute approximate surface area is 132 Å². The van der Waals surface area contributed by atoms with Gasteiger partial charge in [0.1, 0.15) is 0 Å². The van der Waals surface area contributed by atoms with Crippen molar-refractivity contribution in [2.45, 2.75) is 6.54 Å². The van der Waals surface area contributed by atoms with Gasteiger partial charge in [0.15, 0.2) is 16.3 Å². The third-order valence-electron chi connectivity index (χ3n) is 3.79. The highest BCUT2D eigenvalue weighted by Crippen LogP contribution is 2.24. The van der Waals surface area contributed by atoms with Crippen LogP contribution in [0.15, 0.2) is 12.1 Å². The Morgan fingerprint density at radius 2 is 2.10 bits per heavy atom. The Hall–Kier alpha value is -1.05. The zero-order valence-corrected chi connectivity index (χ0v) is 13.5. The highest BCUT2D eigenvalue weighted by molar-refractivity contribution is 7.99. The first-order valence-corrected chi connectivity index (χ1v) is 8.51. The zero-order valence-electron chi connectivity index (χ0n) is 11.9. The molecule has 114 valence electrons. The lowest BCUT2D eigenvalue weighted by molar-refractivity contribution is 0.290. The average molecular weight is 327 g/mol. The summed E-state index contributed by atoms with van der Waals surface area (Å²) in [5, 5.41) is 0. The van der Waals surface area contributed by atoms with Crippen molar-refractivity contribution in [3.63, 3.8) is 0 Å². The second-order valence-corrected chi connectivity index (χ2v) is 6.65. The zero-order chi connectivity index (χ0) is 14.8. The molecular formula is C14H18FN3OS2. The fourth-order valence-corrected chi connectivity index (χ4v) is 3.88. The van der Waals surface area contributed by atoms with Crippen LogP contribution in [0.4, 0.5) is 4.39 Å². The molecule has 2 heterocycles. The molecule has 0 radical (unpaired) electrons. The number of aromatic nitrogens is 2. The number of nitrogens with one attached hydrogen (secondary N) is 1. The second kappa shape index (κ2) is 6.37. The number of thioether (sulfide) groups is 1. The number of rotatable bonds is 4. The van der Waals surface area contributed by atoms with Crippen LogP contribution < -0.4 is 4.74 Å². The molecule has 1 aliphatic rings. The maximum atomic E-state index is 13.7. The molecule has 1 fully saturated rings. The second-order valence-electron chi connectivity index (χ2n) is 5.04. The standard InChI is InChI=1S/C14H18FN3OS2/c1-19-13-9-12-11(8-10(13)15)16-14(20)18(12)3-2-17-4-6-21-7-5-17/h8-9H,2-7H2,1H3,(H,16,20). The number of benzene rings is 1. The molecule has 2 aromatic rings. The molecule has 0 unspecified atom stereocenters. The summed E-state index contributed by atoms with van der Waals surface area (Å²) in [6.07, 6.45) is 0. The van der Waals surface area contributed by atoms with Crippen molar-refractivity contribution in [1.29, 1.82) is 0 Å². The Morgan fingerprint density at radius 1 is 1.33 bits per heavy atom. The number of aromatic amines is 1. The summed E-state index contributed by atoms with van der Waals surface area (Å²) in [6, 6.07) is 3.15. The number of fused-ring (bicyclic) bond motifs is 1. The van der Waals surface area contributed by atoms with Gasteiger partial charge < -0.3 is 14.3 Å². The van der Waals surface area contributed by atoms with Crippen LogP contribution in [0.25, 0.3) is 11.0 Å². The van der Waals surface area contributed by atoms with Gasteiger partial charge in [-0.1, -0.05) is 0 Å². The van der Waals surface area contributed by atoms with E-state index in [1.54, 1.807) is 6.07 Å². The first-order chi connectivity index (χ1) is 10.2. The van der Waals surface area contributed by atoms with Gasteiger partial charge in [-0.05, 0) is 12.2 Å². The number of hydrogen-bond donors (Lipinski definition) is 1. The van der Waals surface area contributed by atoms with Crippen LogP contribution in [-0.2, 0) is 6.54 Å². The topological polar surface area (TPSA) is 33.2 Å². The molecule has 0 amide bonds. The Bertz CT molecular complexity index is 691. The fraction of sp³-hybridized carbons (Fsp3) is 0.500. The minimum absolute atomic E-state index is 0.250. The predicted octanol–water partition coefficient (Wildman–Crippen LogP) is 2.90. The van der Waals surface area contributed by atoms with E-state index in [0.717, 1.165) is 31.7 Å². The van der Waals surface area contributed by atoms with Gasteiger partial charge in [0.25, 0.3) is 0 Å². The van der Waals surface area contributed by atoms with Gasteiger partial charge in [0.2, 0.25) is 0 Å². The van der Waals surface area contributed by atoms with E-state index in [4.69, 9.17) is 17.0 Å². The molecule has 1 aromatic carbocycles. The van der Waals surface area contributed by atoms with Crippen molar-refractivity contribution in [2.24, 2.45) is 0 Å². The SMILES string of the molecule is COc1cc2c(cc1F)[nH]c(=S)n2CCN1CCSCC1. The van der Waals surface area contributed by atoms with E-state index in [1.165, 1.54) is 24.7 Å². The lowest BCUT2D eigenvalue weighted by Gasteiger charge is -2.26. The minimum atomic E-state index is -0.374. The largest absolute Gasteiger partial charge is 0.494 e. The van der Waals surface area contributed by atoms with Gasteiger partial charge in [0.05, 0.1) is 18.1 Å². The van der Waals surface area contributed by atoms with E-state index in [2.05, 4.69) is 9.88 Å². The van der Waals surface area contributed by atoms with Crippen molar-refractivity contribution in [2.75, 3.05) is 38.2 Å². The van der Waals surface area contributed by atoms with Gasteiger partial charge in [-0.3, -0.25) is 4.90 Å². The van der Waals surface area contributed by atoms with Crippen LogP contribution in [0.5, 0.6) is 5.75 Å². The lowest BCUT2D eigenvalue weighted by Crippen LogP contribution is -2.35. The first-order valence-electron chi connectivity index (χ1n) is 6.95. The molecule has 4 nitrogen and oxygen atoms in total. The molecule has 0 bridgehead atoms. The number of H-pyrrole nitrogens is 1. The molecule has 0 spiro atoms. The van der Waals surface area contributed by atoms with E-state index in [-0.39, 0.29) is 11.6 Å². The highest BCUT2D eigenvalue weighted by Gasteiger charge is 2.13. The van der Waals surface area contributed by atoms with Crippen LogP contribution in [-0.4, -0.2) is 52.7 Å². The number of hydrogen-bond acceptors (Lipinski definition) is 4. The maximum absolute atomic E-state index is 13.7. The summed E-state index contributed by atoms with van der Waals surface area (Å²) >= 11 is 7.36. The smallest absolute Gasteiger partial charge is 0.178 e. The van der Waals surface area contributed by atoms with Crippen molar-refractivity contribution >= 4 is 35.0 Å². The number of ether oxygens (including phenoxy) is 1. The van der Waals surface area contributed by atoms with Crippen LogP contribution >= 0.6 is 24.0 Å². The van der Waals surface area contributed by atoms with Crippen LogP contribution in [0.3, 0.4) is 0 Å². The third-order valence-corrected chi connectivity index (χ3v) is 5.06. The summed E-state index contributed by atoms with van der Waals surface area (Å²) in [5.41, 5.74) is 1.61. The van der Waals surface area contributed by atoms with Gasteiger partial charge in [0, 0.05) is 49.8 Å². The molecule has 7 heteroatoms. The molecule has 1 N–H and O–H groups in total. The lowest BCUT2D eigenvalue weighted by atomic mass is 10.3. The van der Waals surface area contributed by atoms with Crippen LogP contribution in [0.2, 0.25) is 0 Å². The first kappa shape index (κ1) is 14.9. The summed E-state index contributed by atoms with van der Waals surface area (Å²) in [4.78, 5) is 5.51. The Balaban J connectivity index is 1.86. The monoisotopic (exact) mass is 327 g/mol. The van der Waals surface area contributed by atoms with Crippen molar-refractivity contribution in [3.8, 4) is 5.75 Å². The molecule has 1 saturated heterocycles. The Kier molecular flexibility index (Phi) is 4.51. The molecular weight excluding hydrogens is 309 g/mol. The molecule has 1 aliphatic heterocycles. The molecule has 1 aromatic heterocycles. The van der Waals surface area contributed by atoms with Gasteiger partial charge in [-0.15, -0.1) is 0 Å². The van der Waals surface area contributed by atoms with Gasteiger partial charge in [-0.25, -0.2) is 4.39 Å². The quantitative estimate of drug-likeness (QED) is 0.876. The fourth-order valence-electron chi connectivity index (χ4n) is 2.60. The molecule has 3 rings (SSSR count). The van der Waals surface area contributed by atoms with E-state index in [9.17, 15) is 4.39 Å². The van der Waals surface area contributed by atoms with Crippen LogP contribution in [0.1, 0.15) is 0 Å². The molecule has 21 heavy (non-hydrogen) atoms. The van der Waals surface area contributed by atoms with E-state index in [0.29, 0.717) is 10.3 Å². The van der Waals surface area contributed by atoms with Crippen molar-refractivity contribution in [3.05, 3.63) is 22.7 Å². The maximum Gasteiger partial charge on any atom is 0.178 e. The van der Waals surface area contributed by atoms with Crippen molar-refractivity contribution < 1.29 is 9.13 Å². The average Bonchev–Trinajstić information content (AvgIpc) is 2.79.